The molecule has 172 valence electrons. The molecule has 0 aromatic carbocycles. The molecular formula is C23H44N6O. The average Bonchev–Trinajstić information content (AvgIpc) is 3.48. The van der Waals surface area contributed by atoms with Gasteiger partial charge in [0, 0.05) is 31.6 Å². The van der Waals surface area contributed by atoms with Crippen molar-refractivity contribution in [2.45, 2.75) is 82.0 Å². The Morgan fingerprint density at radius 1 is 1.00 bits per heavy atom. The maximum absolute atomic E-state index is 6.15. The molecule has 8 atom stereocenters. The Hall–Kier alpha value is -0.280. The van der Waals surface area contributed by atoms with Gasteiger partial charge in [-0.15, -0.1) is 0 Å². The zero-order chi connectivity index (χ0) is 20.7. The second kappa shape index (κ2) is 9.30. The largest absolute Gasteiger partial charge is 0.303 e. The van der Waals surface area contributed by atoms with Crippen LogP contribution in [-0.2, 0) is 4.84 Å². The van der Waals surface area contributed by atoms with Gasteiger partial charge < -0.3 is 10.2 Å². The lowest BCUT2D eigenvalue weighted by Gasteiger charge is -2.36. The highest BCUT2D eigenvalue weighted by Gasteiger charge is 2.45. The van der Waals surface area contributed by atoms with Gasteiger partial charge in [0.2, 0.25) is 0 Å². The first kappa shape index (κ1) is 21.6. The summed E-state index contributed by atoms with van der Waals surface area (Å²) in [6.07, 6.45) is 11.7. The maximum Gasteiger partial charge on any atom is 0.146 e. The van der Waals surface area contributed by atoms with Crippen molar-refractivity contribution in [1.29, 1.82) is 0 Å². The lowest BCUT2D eigenvalue weighted by atomic mass is 9.79. The van der Waals surface area contributed by atoms with Crippen molar-refractivity contribution < 1.29 is 4.84 Å². The molecule has 7 heteroatoms. The molecule has 0 amide bonds. The maximum atomic E-state index is 6.15. The number of hydroxylamine groups is 1. The second-order valence-electron chi connectivity index (χ2n) is 10.9. The molecule has 1 saturated carbocycles. The van der Waals surface area contributed by atoms with E-state index in [2.05, 4.69) is 52.0 Å². The molecule has 0 aromatic rings. The Bertz CT molecular complexity index is 568. The van der Waals surface area contributed by atoms with E-state index in [0.717, 1.165) is 24.4 Å². The first-order valence-corrected chi connectivity index (χ1v) is 12.6. The predicted octanol–water partition coefficient (Wildman–Crippen LogP) is 1.24. The van der Waals surface area contributed by atoms with Crippen LogP contribution < -0.4 is 16.1 Å². The molecule has 0 bridgehead atoms. The van der Waals surface area contributed by atoms with Gasteiger partial charge in [0.05, 0.1) is 18.4 Å². The first-order chi connectivity index (χ1) is 14.6. The SMILES string of the molecule is CN(C)C1CCC(C2NOC([C@@H]3CCCN3CC3CN(C)C4CCCCC34)N2)CN1. The fourth-order valence-electron chi connectivity index (χ4n) is 7.20. The van der Waals surface area contributed by atoms with Gasteiger partial charge in [-0.1, -0.05) is 12.8 Å². The molecule has 0 aromatic heterocycles. The van der Waals surface area contributed by atoms with Gasteiger partial charge in [0.15, 0.2) is 0 Å². The highest BCUT2D eigenvalue weighted by Crippen LogP contribution is 2.40. The van der Waals surface area contributed by atoms with Crippen molar-refractivity contribution >= 4 is 0 Å². The number of hydrogen-bond acceptors (Lipinski definition) is 7. The second-order valence-corrected chi connectivity index (χ2v) is 10.9. The van der Waals surface area contributed by atoms with E-state index in [1.807, 2.05) is 0 Å². The number of likely N-dealkylation sites (tertiary alicyclic amines) is 2. The van der Waals surface area contributed by atoms with Crippen molar-refractivity contribution in [1.82, 2.24) is 30.8 Å². The smallest absolute Gasteiger partial charge is 0.146 e. The molecule has 1 aliphatic carbocycles. The van der Waals surface area contributed by atoms with Crippen molar-refractivity contribution in [3.63, 3.8) is 0 Å². The van der Waals surface area contributed by atoms with E-state index < -0.39 is 0 Å². The van der Waals surface area contributed by atoms with Crippen LogP contribution >= 0.6 is 0 Å². The number of nitrogens with one attached hydrogen (secondary N) is 3. The molecule has 7 unspecified atom stereocenters. The average molecular weight is 421 g/mol. The number of hydrogen-bond donors (Lipinski definition) is 3. The summed E-state index contributed by atoms with van der Waals surface area (Å²) in [7, 11) is 6.69. The minimum Gasteiger partial charge on any atom is -0.303 e. The van der Waals surface area contributed by atoms with Crippen molar-refractivity contribution in [2.24, 2.45) is 17.8 Å². The third-order valence-electron chi connectivity index (χ3n) is 8.90. The van der Waals surface area contributed by atoms with Crippen molar-refractivity contribution in [2.75, 3.05) is 47.3 Å². The lowest BCUT2D eigenvalue weighted by Crippen LogP contribution is -2.54. The fraction of sp³-hybridized carbons (Fsp3) is 1.00. The highest BCUT2D eigenvalue weighted by atomic mass is 16.7. The summed E-state index contributed by atoms with van der Waals surface area (Å²) in [6, 6.07) is 1.36. The molecule has 0 spiro atoms. The number of piperidine rings is 1. The van der Waals surface area contributed by atoms with Crippen LogP contribution in [0.25, 0.3) is 0 Å². The van der Waals surface area contributed by atoms with Gasteiger partial charge in [0.25, 0.3) is 0 Å². The van der Waals surface area contributed by atoms with E-state index in [0.29, 0.717) is 18.1 Å². The van der Waals surface area contributed by atoms with Crippen LogP contribution in [-0.4, -0.2) is 92.7 Å². The predicted molar refractivity (Wildman–Crippen MR) is 120 cm³/mol. The molecule has 5 aliphatic rings. The van der Waals surface area contributed by atoms with Crippen LogP contribution in [0.3, 0.4) is 0 Å². The number of nitrogens with zero attached hydrogens (tertiary/aromatic N) is 3. The van der Waals surface area contributed by atoms with Gasteiger partial charge in [-0.2, -0.15) is 5.48 Å². The summed E-state index contributed by atoms with van der Waals surface area (Å²) in [6.45, 7) is 4.84. The van der Waals surface area contributed by atoms with E-state index >= 15 is 0 Å². The third-order valence-corrected chi connectivity index (χ3v) is 8.90. The zero-order valence-electron chi connectivity index (χ0n) is 19.4. The minimum atomic E-state index is 0.130. The van der Waals surface area contributed by atoms with Gasteiger partial charge in [-0.05, 0) is 78.0 Å². The van der Waals surface area contributed by atoms with Crippen molar-refractivity contribution in [3.8, 4) is 0 Å². The summed E-state index contributed by atoms with van der Waals surface area (Å²) in [4.78, 5) is 13.9. The van der Waals surface area contributed by atoms with Crippen LogP contribution in [0.5, 0.6) is 0 Å². The molecule has 5 fully saturated rings. The van der Waals surface area contributed by atoms with Crippen LogP contribution in [0, 0.1) is 17.8 Å². The molecule has 30 heavy (non-hydrogen) atoms. The Balaban J connectivity index is 1.14. The third kappa shape index (κ3) is 4.32. The van der Waals surface area contributed by atoms with Crippen LogP contribution in [0.4, 0.5) is 0 Å². The topological polar surface area (TPSA) is 55.0 Å². The number of fused-ring (bicyclic) bond motifs is 1. The van der Waals surface area contributed by atoms with Gasteiger partial charge in [0.1, 0.15) is 6.23 Å². The molecule has 4 saturated heterocycles. The Kier molecular flexibility index (Phi) is 6.68. The van der Waals surface area contributed by atoms with E-state index in [-0.39, 0.29) is 12.4 Å². The van der Waals surface area contributed by atoms with Crippen LogP contribution in [0.2, 0.25) is 0 Å². The molecule has 4 heterocycles. The van der Waals surface area contributed by atoms with Crippen LogP contribution in [0.15, 0.2) is 0 Å². The van der Waals surface area contributed by atoms with E-state index in [1.54, 1.807) is 0 Å². The van der Waals surface area contributed by atoms with Gasteiger partial charge in [-0.3, -0.25) is 20.0 Å². The summed E-state index contributed by atoms with van der Waals surface area (Å²) < 4.78 is 0. The van der Waals surface area contributed by atoms with Crippen LogP contribution in [0.1, 0.15) is 51.4 Å². The summed E-state index contributed by atoms with van der Waals surface area (Å²) in [5.74, 6) is 2.36. The number of rotatable bonds is 5. The standard InChI is InChI=1S/C23H44N6O/c1-27(2)21-11-10-16(13-24-21)22-25-23(30-26-22)20-9-6-12-29(20)15-17-14-28(3)19-8-5-4-7-18(17)19/h16-26H,4-15H2,1-3H3/t16?,17?,18?,19?,20-,21?,22?,23?/m0/s1. The molecule has 7 nitrogen and oxygen atoms in total. The highest BCUT2D eigenvalue weighted by molar-refractivity contribution is 4.97. The zero-order valence-corrected chi connectivity index (χ0v) is 19.4. The first-order valence-electron chi connectivity index (χ1n) is 12.6. The Morgan fingerprint density at radius 2 is 1.83 bits per heavy atom. The van der Waals surface area contributed by atoms with Crippen molar-refractivity contribution in [3.05, 3.63) is 0 Å². The molecule has 3 N–H and O–H groups in total. The lowest BCUT2D eigenvalue weighted by molar-refractivity contribution is -0.0273. The summed E-state index contributed by atoms with van der Waals surface area (Å²) in [5, 5.41) is 7.52. The normalized spacial score (nSPS) is 46.0. The Morgan fingerprint density at radius 3 is 2.63 bits per heavy atom. The van der Waals surface area contributed by atoms with Gasteiger partial charge >= 0.3 is 0 Å². The van der Waals surface area contributed by atoms with E-state index in [4.69, 9.17) is 4.84 Å². The van der Waals surface area contributed by atoms with Gasteiger partial charge in [-0.25, -0.2) is 0 Å². The summed E-state index contributed by atoms with van der Waals surface area (Å²) in [5.41, 5.74) is 3.36. The van der Waals surface area contributed by atoms with E-state index in [9.17, 15) is 0 Å². The fourth-order valence-corrected chi connectivity index (χ4v) is 7.20. The molecule has 5 rings (SSSR count). The van der Waals surface area contributed by atoms with E-state index in [1.165, 1.54) is 71.0 Å². The Labute approximate surface area is 183 Å². The molecular weight excluding hydrogens is 376 g/mol. The molecule has 0 radical (unpaired) electrons. The summed E-state index contributed by atoms with van der Waals surface area (Å²) >= 11 is 0. The quantitative estimate of drug-likeness (QED) is 0.619. The minimum absolute atomic E-state index is 0.130. The monoisotopic (exact) mass is 420 g/mol. The molecule has 4 aliphatic heterocycles.